The molecule has 0 bridgehead atoms. The molecule has 4 nitrogen and oxygen atoms in total. The number of ether oxygens (including phenoxy) is 1. The highest BCUT2D eigenvalue weighted by Crippen LogP contribution is 2.36. The number of methoxy groups -OCH3 is 1. The van der Waals surface area contributed by atoms with E-state index < -0.39 is 0 Å². The van der Waals surface area contributed by atoms with E-state index in [1.165, 1.54) is 24.7 Å². The molecule has 3 rings (SSSR count). The monoisotopic (exact) mass is 278 g/mol. The Morgan fingerprint density at radius 3 is 3.05 bits per heavy atom. The smallest absolute Gasteiger partial charge is 0.311 e. The average molecular weight is 278 g/mol. The number of carbonyl (C=O) groups excluding carboxylic acids is 1. The third-order valence-electron chi connectivity index (χ3n) is 4.78. The topological polar surface area (TPSA) is 52.4 Å². The molecule has 2 unspecified atom stereocenters. The second-order valence-corrected chi connectivity index (χ2v) is 6.32. The average Bonchev–Trinajstić information content (AvgIpc) is 2.41. The van der Waals surface area contributed by atoms with Crippen molar-refractivity contribution in [3.05, 3.63) is 23.3 Å². The van der Waals surface area contributed by atoms with Crippen molar-refractivity contribution in [3.63, 3.8) is 0 Å². The predicted molar refractivity (Wildman–Crippen MR) is 77.5 cm³/mol. The van der Waals surface area contributed by atoms with E-state index in [1.54, 1.807) is 0 Å². The number of allylic oxidation sites excluding steroid dienone is 2. The molecule has 0 saturated carbocycles. The van der Waals surface area contributed by atoms with Gasteiger partial charge in [0.15, 0.2) is 6.10 Å². The molecule has 2 N–H and O–H groups in total. The first-order valence-corrected chi connectivity index (χ1v) is 7.56. The molecular formula is C16H24NO3+. The number of fused-ring (bicyclic) bond motifs is 1. The standard InChI is InChI=1S/C16H23NO3/c1-20-16(19)14-9-17(10-14)8-11-2-3-13-7-15(18)5-4-12(13)6-11/h4,6,13-15,18H,2-3,5,7-10H2,1H3/p+1. The lowest BCUT2D eigenvalue weighted by Crippen LogP contribution is -2.51. The number of carbonyl (C=O) groups is 1. The SMILES string of the molecule is COC(=O)C1CN(CC2=CC3=CCC([OH2+])CC3CC2)C1. The lowest BCUT2D eigenvalue weighted by Gasteiger charge is -2.39. The maximum Gasteiger partial charge on any atom is 0.311 e. The molecule has 4 heteroatoms. The third kappa shape index (κ3) is 2.81. The molecule has 1 fully saturated rings. The van der Waals surface area contributed by atoms with Crippen molar-refractivity contribution < 1.29 is 14.6 Å². The Morgan fingerprint density at radius 2 is 2.30 bits per heavy atom. The first-order valence-electron chi connectivity index (χ1n) is 7.56. The first kappa shape index (κ1) is 13.8. The summed E-state index contributed by atoms with van der Waals surface area (Å²) in [5.41, 5.74) is 2.94. The van der Waals surface area contributed by atoms with Crippen LogP contribution in [0.1, 0.15) is 25.7 Å². The molecule has 0 aromatic heterocycles. The molecule has 0 spiro atoms. The summed E-state index contributed by atoms with van der Waals surface area (Å²) >= 11 is 0. The van der Waals surface area contributed by atoms with Crippen molar-refractivity contribution in [1.29, 1.82) is 0 Å². The second kappa shape index (κ2) is 5.70. The number of nitrogens with zero attached hydrogens (tertiary/aromatic N) is 1. The van der Waals surface area contributed by atoms with Crippen LogP contribution in [0, 0.1) is 11.8 Å². The highest BCUT2D eigenvalue weighted by atomic mass is 16.5. The number of hydrogen-bond acceptors (Lipinski definition) is 3. The minimum absolute atomic E-state index is 0.0737. The van der Waals surface area contributed by atoms with Crippen LogP contribution in [0.4, 0.5) is 0 Å². The largest absolute Gasteiger partial charge is 0.469 e. The lowest BCUT2D eigenvalue weighted by atomic mass is 9.77. The summed E-state index contributed by atoms with van der Waals surface area (Å²) in [6.45, 7) is 2.66. The van der Waals surface area contributed by atoms with Crippen molar-refractivity contribution in [2.75, 3.05) is 26.7 Å². The van der Waals surface area contributed by atoms with Crippen LogP contribution >= 0.6 is 0 Å². The Labute approximate surface area is 120 Å². The van der Waals surface area contributed by atoms with Gasteiger partial charge in [-0.15, -0.1) is 0 Å². The maximum atomic E-state index is 11.4. The number of esters is 1. The molecular weight excluding hydrogens is 254 g/mol. The van der Waals surface area contributed by atoms with E-state index >= 15 is 0 Å². The van der Waals surface area contributed by atoms with Crippen molar-refractivity contribution >= 4 is 5.97 Å². The quantitative estimate of drug-likeness (QED) is 0.576. The predicted octanol–water partition coefficient (Wildman–Crippen LogP) is 1.24. The lowest BCUT2D eigenvalue weighted by molar-refractivity contribution is -0.151. The van der Waals surface area contributed by atoms with E-state index in [2.05, 4.69) is 17.1 Å². The Kier molecular flexibility index (Phi) is 3.94. The highest BCUT2D eigenvalue weighted by molar-refractivity contribution is 5.73. The van der Waals surface area contributed by atoms with Crippen LogP contribution < -0.4 is 0 Å². The zero-order valence-electron chi connectivity index (χ0n) is 12.1. The van der Waals surface area contributed by atoms with E-state index in [0.29, 0.717) is 5.92 Å². The van der Waals surface area contributed by atoms with Gasteiger partial charge in [-0.05, 0) is 24.3 Å². The van der Waals surface area contributed by atoms with Crippen LogP contribution in [0.25, 0.3) is 0 Å². The molecule has 2 aliphatic carbocycles. The van der Waals surface area contributed by atoms with Gasteiger partial charge >= 0.3 is 5.97 Å². The van der Waals surface area contributed by atoms with E-state index in [0.717, 1.165) is 38.9 Å². The third-order valence-corrected chi connectivity index (χ3v) is 4.78. The van der Waals surface area contributed by atoms with Gasteiger partial charge in [-0.1, -0.05) is 17.7 Å². The van der Waals surface area contributed by atoms with E-state index in [-0.39, 0.29) is 18.0 Å². The van der Waals surface area contributed by atoms with E-state index in [9.17, 15) is 4.79 Å². The number of likely N-dealkylation sites (tertiary alicyclic amines) is 1. The maximum absolute atomic E-state index is 11.4. The fourth-order valence-electron chi connectivity index (χ4n) is 3.58. The summed E-state index contributed by atoms with van der Waals surface area (Å²) in [6.07, 6.45) is 9.00. The summed E-state index contributed by atoms with van der Waals surface area (Å²) in [4.78, 5) is 13.7. The van der Waals surface area contributed by atoms with Crippen LogP contribution in [-0.4, -0.2) is 48.8 Å². The van der Waals surface area contributed by atoms with Crippen molar-refractivity contribution in [1.82, 2.24) is 4.90 Å². The van der Waals surface area contributed by atoms with Gasteiger partial charge in [0.1, 0.15) is 0 Å². The van der Waals surface area contributed by atoms with E-state index in [4.69, 9.17) is 9.84 Å². The van der Waals surface area contributed by atoms with Crippen LogP contribution in [0.3, 0.4) is 0 Å². The van der Waals surface area contributed by atoms with Crippen LogP contribution in [0.5, 0.6) is 0 Å². The first-order chi connectivity index (χ1) is 9.65. The Hall–Kier alpha value is -1.13. The number of hydrogen-bond donors (Lipinski definition) is 0. The van der Waals surface area contributed by atoms with Gasteiger partial charge in [0, 0.05) is 32.5 Å². The minimum atomic E-state index is -0.0737. The van der Waals surface area contributed by atoms with Gasteiger partial charge in [0.25, 0.3) is 0 Å². The Balaban J connectivity index is 1.54. The van der Waals surface area contributed by atoms with Gasteiger partial charge < -0.3 is 9.84 Å². The molecule has 0 amide bonds. The van der Waals surface area contributed by atoms with Gasteiger partial charge in [-0.3, -0.25) is 9.69 Å². The molecule has 1 aliphatic heterocycles. The molecule has 110 valence electrons. The van der Waals surface area contributed by atoms with E-state index in [1.807, 2.05) is 0 Å². The zero-order valence-corrected chi connectivity index (χ0v) is 12.1. The van der Waals surface area contributed by atoms with Crippen LogP contribution in [0.15, 0.2) is 23.3 Å². The van der Waals surface area contributed by atoms with Gasteiger partial charge in [0.2, 0.25) is 0 Å². The summed E-state index contributed by atoms with van der Waals surface area (Å²) in [5.74, 6) is 0.625. The molecule has 1 heterocycles. The molecule has 20 heavy (non-hydrogen) atoms. The summed E-state index contributed by atoms with van der Waals surface area (Å²) < 4.78 is 4.77. The van der Waals surface area contributed by atoms with Crippen LogP contribution in [0.2, 0.25) is 0 Å². The Bertz CT molecular complexity index is 449. The summed E-state index contributed by atoms with van der Waals surface area (Å²) in [5, 5.41) is 7.86. The zero-order chi connectivity index (χ0) is 14.1. The fourth-order valence-corrected chi connectivity index (χ4v) is 3.58. The molecule has 0 radical (unpaired) electrons. The second-order valence-electron chi connectivity index (χ2n) is 6.32. The van der Waals surface area contributed by atoms with Gasteiger partial charge in [-0.25, -0.2) is 0 Å². The summed E-state index contributed by atoms with van der Waals surface area (Å²) in [7, 11) is 1.46. The van der Waals surface area contributed by atoms with Gasteiger partial charge in [-0.2, -0.15) is 0 Å². The van der Waals surface area contributed by atoms with Gasteiger partial charge in [0.05, 0.1) is 13.0 Å². The molecule has 0 aromatic rings. The van der Waals surface area contributed by atoms with Crippen LogP contribution in [-0.2, 0) is 9.53 Å². The number of rotatable bonds is 3. The Morgan fingerprint density at radius 1 is 1.50 bits per heavy atom. The molecule has 3 aliphatic rings. The van der Waals surface area contributed by atoms with Crippen molar-refractivity contribution in [2.24, 2.45) is 11.8 Å². The highest BCUT2D eigenvalue weighted by Gasteiger charge is 2.34. The molecule has 2 atom stereocenters. The summed E-state index contributed by atoms with van der Waals surface area (Å²) in [6, 6.07) is 0. The normalized spacial score (nSPS) is 30.9. The van der Waals surface area contributed by atoms with Crippen molar-refractivity contribution in [3.8, 4) is 0 Å². The van der Waals surface area contributed by atoms with Crippen molar-refractivity contribution in [2.45, 2.75) is 31.8 Å². The minimum Gasteiger partial charge on any atom is -0.469 e. The molecule has 0 aromatic carbocycles. The molecule has 1 saturated heterocycles. The fraction of sp³-hybridized carbons (Fsp3) is 0.688.